The van der Waals surface area contributed by atoms with Crippen molar-refractivity contribution in [1.29, 1.82) is 5.26 Å². The molecule has 1 aromatic carbocycles. The lowest BCUT2D eigenvalue weighted by atomic mass is 10.3. The molecule has 0 aliphatic carbocycles. The Morgan fingerprint density at radius 3 is 2.88 bits per heavy atom. The zero-order valence-electron chi connectivity index (χ0n) is 8.14. The first-order valence-corrected chi connectivity index (χ1v) is 5.93. The maximum absolute atomic E-state index is 11.6. The van der Waals surface area contributed by atoms with Gasteiger partial charge >= 0.3 is 0 Å². The van der Waals surface area contributed by atoms with Crippen LogP contribution in [0, 0.1) is 11.3 Å². The van der Waals surface area contributed by atoms with Gasteiger partial charge in [0.25, 0.3) is 10.0 Å². The largest absolute Gasteiger partial charge is 0.328 e. The summed E-state index contributed by atoms with van der Waals surface area (Å²) >= 11 is 0. The molecule has 6 nitrogen and oxygen atoms in total. The Balaban J connectivity index is 2.45. The van der Waals surface area contributed by atoms with Crippen LogP contribution >= 0.6 is 0 Å². The molecule has 2 aromatic rings. The number of H-pyrrole nitrogens is 1. The Morgan fingerprint density at radius 1 is 1.44 bits per heavy atom. The number of aromatic nitrogens is 2. The molecule has 7 heteroatoms. The van der Waals surface area contributed by atoms with Crippen LogP contribution in [0.15, 0.2) is 29.4 Å². The molecule has 0 amide bonds. The Bertz CT molecular complexity index is 620. The van der Waals surface area contributed by atoms with E-state index in [9.17, 15) is 8.42 Å². The maximum Gasteiger partial charge on any atom is 0.275 e. The van der Waals surface area contributed by atoms with Crippen molar-refractivity contribution in [3.05, 3.63) is 24.3 Å². The summed E-state index contributed by atoms with van der Waals surface area (Å²) in [6.07, 6.45) is 0. The van der Waals surface area contributed by atoms with Crippen LogP contribution in [0.3, 0.4) is 0 Å². The molecule has 0 atom stereocenters. The van der Waals surface area contributed by atoms with Gasteiger partial charge in [-0.05, 0) is 12.1 Å². The van der Waals surface area contributed by atoms with Crippen molar-refractivity contribution in [3.8, 4) is 6.07 Å². The fraction of sp³-hybridized carbons (Fsp3) is 0.111. The molecule has 1 heterocycles. The average Bonchev–Trinajstić information content (AvgIpc) is 2.71. The Kier molecular flexibility index (Phi) is 2.60. The Labute approximate surface area is 92.0 Å². The number of aromatic amines is 1. The average molecular weight is 236 g/mol. The molecular weight excluding hydrogens is 228 g/mol. The second kappa shape index (κ2) is 3.92. The molecule has 0 unspecified atom stereocenters. The van der Waals surface area contributed by atoms with Crippen molar-refractivity contribution in [1.82, 2.24) is 14.7 Å². The number of hydrogen-bond donors (Lipinski definition) is 2. The van der Waals surface area contributed by atoms with Gasteiger partial charge in [-0.25, -0.2) is 13.4 Å². The van der Waals surface area contributed by atoms with Crippen LogP contribution in [0.5, 0.6) is 0 Å². The molecule has 0 aliphatic heterocycles. The van der Waals surface area contributed by atoms with Gasteiger partial charge in [0.05, 0.1) is 23.6 Å². The molecule has 0 spiro atoms. The summed E-state index contributed by atoms with van der Waals surface area (Å²) < 4.78 is 25.3. The molecule has 0 saturated carbocycles. The summed E-state index contributed by atoms with van der Waals surface area (Å²) in [6, 6.07) is 8.67. The monoisotopic (exact) mass is 236 g/mol. The van der Waals surface area contributed by atoms with Crippen LogP contribution < -0.4 is 4.72 Å². The van der Waals surface area contributed by atoms with Gasteiger partial charge in [0.15, 0.2) is 0 Å². The molecule has 2 N–H and O–H groups in total. The standard InChI is InChI=1S/C9H8N4O2S/c10-5-6-11-16(14,15)9-12-7-3-1-2-4-8(7)13-9/h1-4,11H,6H2,(H,12,13). The lowest BCUT2D eigenvalue weighted by Crippen LogP contribution is -2.24. The number of fused-ring (bicyclic) bond motifs is 1. The van der Waals surface area contributed by atoms with Gasteiger partial charge in [-0.1, -0.05) is 12.1 Å². The number of rotatable bonds is 3. The number of sulfonamides is 1. The Morgan fingerprint density at radius 2 is 2.19 bits per heavy atom. The maximum atomic E-state index is 11.6. The molecular formula is C9H8N4O2S. The molecule has 0 aliphatic rings. The topological polar surface area (TPSA) is 98.6 Å². The lowest BCUT2D eigenvalue weighted by Gasteiger charge is -1.97. The minimum absolute atomic E-state index is 0.177. The zero-order valence-corrected chi connectivity index (χ0v) is 8.95. The number of benzene rings is 1. The van der Waals surface area contributed by atoms with Crippen molar-refractivity contribution in [3.63, 3.8) is 0 Å². The highest BCUT2D eigenvalue weighted by Crippen LogP contribution is 2.13. The van der Waals surface area contributed by atoms with Gasteiger partial charge in [0.1, 0.15) is 0 Å². The number of hydrogen-bond acceptors (Lipinski definition) is 4. The van der Waals surface area contributed by atoms with E-state index in [1.54, 1.807) is 30.3 Å². The second-order valence-electron chi connectivity index (χ2n) is 3.04. The number of nitrogens with one attached hydrogen (secondary N) is 2. The van der Waals surface area contributed by atoms with E-state index in [-0.39, 0.29) is 11.7 Å². The minimum Gasteiger partial charge on any atom is -0.328 e. The van der Waals surface area contributed by atoms with E-state index in [2.05, 4.69) is 14.7 Å². The van der Waals surface area contributed by atoms with E-state index in [1.807, 2.05) is 0 Å². The number of nitriles is 1. The highest BCUT2D eigenvalue weighted by molar-refractivity contribution is 7.89. The van der Waals surface area contributed by atoms with Crippen molar-refractivity contribution in [2.75, 3.05) is 6.54 Å². The molecule has 0 fully saturated rings. The molecule has 82 valence electrons. The summed E-state index contributed by atoms with van der Waals surface area (Å²) in [5.41, 5.74) is 1.21. The smallest absolute Gasteiger partial charge is 0.275 e. The minimum atomic E-state index is -3.72. The van der Waals surface area contributed by atoms with Gasteiger partial charge in [-0.2, -0.15) is 9.98 Å². The van der Waals surface area contributed by atoms with Crippen LogP contribution in [0.4, 0.5) is 0 Å². The third-order valence-corrected chi connectivity index (χ3v) is 3.19. The summed E-state index contributed by atoms with van der Waals surface area (Å²) in [5, 5.41) is 8.13. The number of nitrogens with zero attached hydrogens (tertiary/aromatic N) is 2. The molecule has 0 radical (unpaired) electrons. The van der Waals surface area contributed by atoms with Crippen LogP contribution in [0.1, 0.15) is 0 Å². The van der Waals surface area contributed by atoms with E-state index in [0.29, 0.717) is 11.0 Å². The van der Waals surface area contributed by atoms with Crippen LogP contribution in [-0.4, -0.2) is 24.9 Å². The molecule has 0 saturated heterocycles. The molecule has 16 heavy (non-hydrogen) atoms. The van der Waals surface area contributed by atoms with E-state index < -0.39 is 10.0 Å². The first-order valence-electron chi connectivity index (χ1n) is 4.45. The first kappa shape index (κ1) is 10.6. The fourth-order valence-electron chi connectivity index (χ4n) is 1.25. The van der Waals surface area contributed by atoms with Crippen LogP contribution in [-0.2, 0) is 10.0 Å². The Hall–Kier alpha value is -1.91. The van der Waals surface area contributed by atoms with Crippen LogP contribution in [0.2, 0.25) is 0 Å². The van der Waals surface area contributed by atoms with Crippen molar-refractivity contribution in [2.24, 2.45) is 0 Å². The molecule has 0 bridgehead atoms. The SMILES string of the molecule is N#CCNS(=O)(=O)c1nc2ccccc2[nH]1. The van der Waals surface area contributed by atoms with E-state index in [4.69, 9.17) is 5.26 Å². The first-order chi connectivity index (χ1) is 7.63. The van der Waals surface area contributed by atoms with E-state index >= 15 is 0 Å². The predicted molar refractivity (Wildman–Crippen MR) is 56.9 cm³/mol. The van der Waals surface area contributed by atoms with Crippen molar-refractivity contribution in [2.45, 2.75) is 5.16 Å². The van der Waals surface area contributed by atoms with Gasteiger partial charge in [-0.15, -0.1) is 0 Å². The van der Waals surface area contributed by atoms with Crippen molar-refractivity contribution >= 4 is 21.1 Å². The van der Waals surface area contributed by atoms with Gasteiger partial charge in [0.2, 0.25) is 5.16 Å². The quantitative estimate of drug-likeness (QED) is 0.752. The van der Waals surface area contributed by atoms with Crippen LogP contribution in [0.25, 0.3) is 11.0 Å². The van der Waals surface area contributed by atoms with Gasteiger partial charge in [0, 0.05) is 0 Å². The number of imidazole rings is 1. The molecule has 1 aromatic heterocycles. The fourth-order valence-corrected chi connectivity index (χ4v) is 2.11. The third-order valence-electron chi connectivity index (χ3n) is 1.96. The molecule has 2 rings (SSSR count). The lowest BCUT2D eigenvalue weighted by molar-refractivity contribution is 0.579. The highest BCUT2D eigenvalue weighted by Gasteiger charge is 2.17. The number of para-hydroxylation sites is 2. The van der Waals surface area contributed by atoms with Crippen molar-refractivity contribution < 1.29 is 8.42 Å². The normalized spacial score (nSPS) is 11.4. The second-order valence-corrected chi connectivity index (χ2v) is 4.72. The zero-order chi connectivity index (χ0) is 11.6. The third kappa shape index (κ3) is 1.88. The summed E-state index contributed by atoms with van der Waals surface area (Å²) in [4.78, 5) is 6.60. The summed E-state index contributed by atoms with van der Waals surface area (Å²) in [5.74, 6) is 0. The highest BCUT2D eigenvalue weighted by atomic mass is 32.2. The van der Waals surface area contributed by atoms with E-state index in [1.165, 1.54) is 0 Å². The predicted octanol–water partition coefficient (Wildman–Crippen LogP) is 0.365. The van der Waals surface area contributed by atoms with Gasteiger partial charge in [-0.3, -0.25) is 0 Å². The van der Waals surface area contributed by atoms with E-state index in [0.717, 1.165) is 0 Å². The summed E-state index contributed by atoms with van der Waals surface area (Å²) in [7, 11) is -3.72. The van der Waals surface area contributed by atoms with Gasteiger partial charge < -0.3 is 4.98 Å². The summed E-state index contributed by atoms with van der Waals surface area (Å²) in [6.45, 7) is -0.278.